The fourth-order valence-corrected chi connectivity index (χ4v) is 4.31. The number of phenols is 1. The Kier molecular flexibility index (Phi) is 4.41. The van der Waals surface area contributed by atoms with Gasteiger partial charge in [0, 0.05) is 8.95 Å². The van der Waals surface area contributed by atoms with Crippen LogP contribution in [-0.2, 0) is 10.0 Å². The molecule has 0 fully saturated rings. The van der Waals surface area contributed by atoms with Crippen molar-refractivity contribution in [2.24, 2.45) is 0 Å². The Bertz CT molecular complexity index is 740. The molecule has 0 bridgehead atoms. The molecule has 0 atom stereocenters. The molecular formula is C13H11Br2NO3S. The third-order valence-corrected chi connectivity index (χ3v) is 5.51. The Morgan fingerprint density at radius 3 is 2.50 bits per heavy atom. The minimum atomic E-state index is -3.80. The SMILES string of the molecule is Cc1cccc(O)c1NS(=O)(=O)c1cc(Br)ccc1Br. The Hall–Kier alpha value is -1.05. The number of aromatic hydroxyl groups is 1. The normalized spacial score (nSPS) is 11.3. The van der Waals surface area contributed by atoms with Crippen molar-refractivity contribution >= 4 is 47.6 Å². The first-order valence-corrected chi connectivity index (χ1v) is 8.64. The lowest BCUT2D eigenvalue weighted by atomic mass is 10.2. The maximum atomic E-state index is 12.4. The third-order valence-electron chi connectivity index (χ3n) is 2.67. The quantitative estimate of drug-likeness (QED) is 0.736. The van der Waals surface area contributed by atoms with Crippen LogP contribution in [0.5, 0.6) is 5.75 Å². The van der Waals surface area contributed by atoms with Gasteiger partial charge >= 0.3 is 0 Å². The molecule has 0 aliphatic heterocycles. The van der Waals surface area contributed by atoms with E-state index in [0.29, 0.717) is 14.5 Å². The molecule has 2 rings (SSSR count). The highest BCUT2D eigenvalue weighted by Gasteiger charge is 2.20. The number of benzene rings is 2. The summed E-state index contributed by atoms with van der Waals surface area (Å²) in [5.41, 5.74) is 0.819. The molecule has 2 aromatic rings. The summed E-state index contributed by atoms with van der Waals surface area (Å²) in [6.07, 6.45) is 0. The maximum Gasteiger partial charge on any atom is 0.263 e. The number of aryl methyl sites for hydroxylation is 1. The molecule has 0 heterocycles. The van der Waals surface area contributed by atoms with Crippen molar-refractivity contribution in [3.8, 4) is 5.75 Å². The molecule has 0 aliphatic rings. The zero-order chi connectivity index (χ0) is 14.9. The lowest BCUT2D eigenvalue weighted by Gasteiger charge is -2.13. The lowest BCUT2D eigenvalue weighted by Crippen LogP contribution is -2.14. The molecule has 0 saturated heterocycles. The molecule has 0 amide bonds. The van der Waals surface area contributed by atoms with Crippen molar-refractivity contribution in [3.63, 3.8) is 0 Å². The van der Waals surface area contributed by atoms with Crippen LogP contribution in [0.4, 0.5) is 5.69 Å². The Labute approximate surface area is 134 Å². The van der Waals surface area contributed by atoms with E-state index < -0.39 is 10.0 Å². The van der Waals surface area contributed by atoms with Crippen molar-refractivity contribution in [1.82, 2.24) is 0 Å². The molecule has 2 aromatic carbocycles. The van der Waals surface area contributed by atoms with E-state index in [1.807, 2.05) is 0 Å². The van der Waals surface area contributed by atoms with Gasteiger partial charge in [-0.3, -0.25) is 4.72 Å². The fourth-order valence-electron chi connectivity index (χ4n) is 1.66. The standard InChI is InChI=1S/C13H11Br2NO3S/c1-8-3-2-4-11(17)13(8)16-20(18,19)12-7-9(14)5-6-10(12)15/h2-7,16-17H,1H3. The van der Waals surface area contributed by atoms with Crippen molar-refractivity contribution in [3.05, 3.63) is 50.9 Å². The first kappa shape index (κ1) is 15.3. The molecule has 2 N–H and O–H groups in total. The number of nitrogens with one attached hydrogen (secondary N) is 1. The summed E-state index contributed by atoms with van der Waals surface area (Å²) in [5, 5.41) is 9.78. The average Bonchev–Trinajstić information content (AvgIpc) is 2.37. The second-order valence-corrected chi connectivity index (χ2v) is 7.57. The van der Waals surface area contributed by atoms with Gasteiger partial charge in [-0.1, -0.05) is 28.1 Å². The van der Waals surface area contributed by atoms with Crippen LogP contribution in [-0.4, -0.2) is 13.5 Å². The van der Waals surface area contributed by atoms with Crippen LogP contribution in [0.25, 0.3) is 0 Å². The summed E-state index contributed by atoms with van der Waals surface area (Å²) in [6.45, 7) is 1.72. The average molecular weight is 421 g/mol. The Morgan fingerprint density at radius 2 is 1.85 bits per heavy atom. The van der Waals surface area contributed by atoms with Gasteiger partial charge in [-0.05, 0) is 52.7 Å². The van der Waals surface area contributed by atoms with Gasteiger partial charge in [0.15, 0.2) is 0 Å². The molecule has 0 spiro atoms. The number of halogens is 2. The lowest BCUT2D eigenvalue weighted by molar-refractivity contribution is 0.477. The molecule has 0 aliphatic carbocycles. The first-order valence-electron chi connectivity index (χ1n) is 5.58. The highest BCUT2D eigenvalue weighted by Crippen LogP contribution is 2.32. The van der Waals surface area contributed by atoms with Crippen LogP contribution in [0, 0.1) is 6.92 Å². The smallest absolute Gasteiger partial charge is 0.263 e. The van der Waals surface area contributed by atoms with Gasteiger partial charge in [-0.15, -0.1) is 0 Å². The largest absolute Gasteiger partial charge is 0.506 e. The topological polar surface area (TPSA) is 66.4 Å². The van der Waals surface area contributed by atoms with E-state index in [0.717, 1.165) is 0 Å². The van der Waals surface area contributed by atoms with E-state index in [-0.39, 0.29) is 16.3 Å². The van der Waals surface area contributed by atoms with Crippen molar-refractivity contribution in [2.45, 2.75) is 11.8 Å². The molecule has 0 unspecified atom stereocenters. The minimum absolute atomic E-state index is 0.0922. The predicted octanol–water partition coefficient (Wildman–Crippen LogP) is 4.03. The van der Waals surface area contributed by atoms with E-state index in [1.165, 1.54) is 12.1 Å². The molecule has 0 saturated carbocycles. The van der Waals surface area contributed by atoms with Crippen molar-refractivity contribution in [2.75, 3.05) is 4.72 Å². The maximum absolute atomic E-state index is 12.4. The van der Waals surface area contributed by atoms with E-state index >= 15 is 0 Å². The van der Waals surface area contributed by atoms with Crippen molar-refractivity contribution < 1.29 is 13.5 Å². The van der Waals surface area contributed by atoms with Crippen LogP contribution in [0.2, 0.25) is 0 Å². The van der Waals surface area contributed by atoms with Gasteiger partial charge in [-0.25, -0.2) is 8.42 Å². The van der Waals surface area contributed by atoms with Crippen molar-refractivity contribution in [1.29, 1.82) is 0 Å². The number of para-hydroxylation sites is 1. The second-order valence-electron chi connectivity index (χ2n) is 4.15. The second kappa shape index (κ2) is 5.75. The minimum Gasteiger partial charge on any atom is -0.506 e. The highest BCUT2D eigenvalue weighted by atomic mass is 79.9. The van der Waals surface area contributed by atoms with Crippen LogP contribution in [0.3, 0.4) is 0 Å². The van der Waals surface area contributed by atoms with Crippen LogP contribution in [0.15, 0.2) is 50.2 Å². The van der Waals surface area contributed by atoms with Crippen LogP contribution in [0.1, 0.15) is 5.56 Å². The van der Waals surface area contributed by atoms with Gasteiger partial charge in [0.25, 0.3) is 10.0 Å². The van der Waals surface area contributed by atoms with E-state index in [2.05, 4.69) is 36.6 Å². The van der Waals surface area contributed by atoms with Gasteiger partial charge in [-0.2, -0.15) is 0 Å². The monoisotopic (exact) mass is 419 g/mol. The number of sulfonamides is 1. The number of phenolic OH excluding ortho intramolecular Hbond substituents is 1. The first-order chi connectivity index (χ1) is 9.31. The Morgan fingerprint density at radius 1 is 1.15 bits per heavy atom. The van der Waals surface area contributed by atoms with Gasteiger partial charge in [0.05, 0.1) is 5.69 Å². The van der Waals surface area contributed by atoms with E-state index in [9.17, 15) is 13.5 Å². The third kappa shape index (κ3) is 3.16. The highest BCUT2D eigenvalue weighted by molar-refractivity contribution is 9.11. The molecule has 20 heavy (non-hydrogen) atoms. The number of anilines is 1. The molecular weight excluding hydrogens is 410 g/mol. The van der Waals surface area contributed by atoms with Crippen LogP contribution < -0.4 is 4.72 Å². The van der Waals surface area contributed by atoms with E-state index in [1.54, 1.807) is 31.2 Å². The summed E-state index contributed by atoms with van der Waals surface area (Å²) < 4.78 is 28.3. The van der Waals surface area contributed by atoms with Gasteiger partial charge < -0.3 is 5.11 Å². The molecule has 7 heteroatoms. The molecule has 106 valence electrons. The zero-order valence-corrected chi connectivity index (χ0v) is 14.4. The number of hydrogen-bond donors (Lipinski definition) is 2. The van der Waals surface area contributed by atoms with Gasteiger partial charge in [0.2, 0.25) is 0 Å². The number of hydrogen-bond acceptors (Lipinski definition) is 3. The molecule has 4 nitrogen and oxygen atoms in total. The summed E-state index contributed by atoms with van der Waals surface area (Å²) in [6, 6.07) is 9.65. The predicted molar refractivity (Wildman–Crippen MR) is 85.5 cm³/mol. The fraction of sp³-hybridized carbons (Fsp3) is 0.0769. The van der Waals surface area contributed by atoms with E-state index in [4.69, 9.17) is 0 Å². The Balaban J connectivity index is 2.49. The molecule has 0 aromatic heterocycles. The summed E-state index contributed by atoms with van der Waals surface area (Å²) in [4.78, 5) is 0.0922. The summed E-state index contributed by atoms with van der Waals surface area (Å²) in [7, 11) is -3.80. The molecule has 0 radical (unpaired) electrons. The zero-order valence-electron chi connectivity index (χ0n) is 10.4. The summed E-state index contributed by atoms with van der Waals surface area (Å²) in [5.74, 6) is -0.111. The number of rotatable bonds is 3. The van der Waals surface area contributed by atoms with Crippen LogP contribution >= 0.6 is 31.9 Å². The van der Waals surface area contributed by atoms with Gasteiger partial charge in [0.1, 0.15) is 10.6 Å². The summed E-state index contributed by atoms with van der Waals surface area (Å²) >= 11 is 6.45.